The molecule has 1 aromatic heterocycles. The fourth-order valence-electron chi connectivity index (χ4n) is 2.51. The van der Waals surface area contributed by atoms with E-state index < -0.39 is 0 Å². The van der Waals surface area contributed by atoms with E-state index in [0.717, 1.165) is 50.9 Å². The summed E-state index contributed by atoms with van der Waals surface area (Å²) in [6, 6.07) is 12.3. The number of nitrogens with one attached hydrogen (secondary N) is 2. The van der Waals surface area contributed by atoms with Gasteiger partial charge in [0.2, 0.25) is 0 Å². The summed E-state index contributed by atoms with van der Waals surface area (Å²) in [6.07, 6.45) is 8.77. The zero-order valence-corrected chi connectivity index (χ0v) is 14.4. The normalized spacial score (nSPS) is 10.4. The lowest BCUT2D eigenvalue weighted by molar-refractivity contribution is 0.0952. The average molecular weight is 325 g/mol. The lowest BCUT2D eigenvalue weighted by Crippen LogP contribution is -2.24. The second kappa shape index (κ2) is 10.4. The van der Waals surface area contributed by atoms with Gasteiger partial charge in [0.1, 0.15) is 0 Å². The van der Waals surface area contributed by atoms with Crippen LogP contribution >= 0.6 is 0 Å². The molecule has 1 heterocycles. The molecule has 4 nitrogen and oxygen atoms in total. The summed E-state index contributed by atoms with van der Waals surface area (Å²) in [5, 5.41) is 6.29. The molecule has 0 aliphatic heterocycles. The molecule has 0 unspecified atom stereocenters. The van der Waals surface area contributed by atoms with Gasteiger partial charge in [0, 0.05) is 25.5 Å². The molecule has 2 aromatic rings. The molecule has 0 bridgehead atoms. The van der Waals surface area contributed by atoms with E-state index in [1.54, 1.807) is 12.4 Å². The van der Waals surface area contributed by atoms with Crippen LogP contribution in [0.4, 0.5) is 5.69 Å². The van der Waals surface area contributed by atoms with E-state index in [0.29, 0.717) is 5.56 Å². The molecule has 0 atom stereocenters. The van der Waals surface area contributed by atoms with Gasteiger partial charge in [-0.2, -0.15) is 0 Å². The maximum Gasteiger partial charge on any atom is 0.252 e. The molecule has 2 N–H and O–H groups in total. The summed E-state index contributed by atoms with van der Waals surface area (Å²) in [4.78, 5) is 16.3. The molecular formula is C20H27N3O. The first-order chi connectivity index (χ1) is 11.8. The van der Waals surface area contributed by atoms with Crippen LogP contribution in [0.3, 0.4) is 0 Å². The molecule has 1 amide bonds. The number of carbonyl (C=O) groups is 1. The average Bonchev–Trinajstić information content (AvgIpc) is 2.63. The third-order valence-corrected chi connectivity index (χ3v) is 3.88. The summed E-state index contributed by atoms with van der Waals surface area (Å²) in [5.74, 6) is -0.0495. The number of aromatic nitrogens is 1. The minimum Gasteiger partial charge on any atom is -0.384 e. The molecule has 128 valence electrons. The maximum atomic E-state index is 12.1. The first-order valence-corrected chi connectivity index (χ1v) is 8.80. The molecule has 0 saturated heterocycles. The molecule has 1 aromatic carbocycles. The Morgan fingerprint density at radius 1 is 1.04 bits per heavy atom. The van der Waals surface area contributed by atoms with Crippen molar-refractivity contribution in [1.29, 1.82) is 0 Å². The molecule has 0 fully saturated rings. The van der Waals surface area contributed by atoms with Crippen molar-refractivity contribution >= 4 is 11.6 Å². The van der Waals surface area contributed by atoms with Crippen LogP contribution in [0.15, 0.2) is 48.8 Å². The topological polar surface area (TPSA) is 54.0 Å². The highest BCUT2D eigenvalue weighted by molar-refractivity contribution is 5.94. The van der Waals surface area contributed by atoms with Gasteiger partial charge in [-0.15, -0.1) is 0 Å². The quantitative estimate of drug-likeness (QED) is 0.648. The number of unbranched alkanes of at least 4 members (excludes halogenated alkanes) is 2. The van der Waals surface area contributed by atoms with E-state index in [1.807, 2.05) is 12.1 Å². The van der Waals surface area contributed by atoms with Crippen LogP contribution in [0.2, 0.25) is 0 Å². The van der Waals surface area contributed by atoms with Crippen molar-refractivity contribution in [3.63, 3.8) is 0 Å². The number of hydrogen-bond donors (Lipinski definition) is 2. The minimum atomic E-state index is -0.0495. The first kappa shape index (κ1) is 18.0. The van der Waals surface area contributed by atoms with Gasteiger partial charge < -0.3 is 10.6 Å². The Hall–Kier alpha value is -2.36. The second-order valence-electron chi connectivity index (χ2n) is 5.94. The van der Waals surface area contributed by atoms with E-state index in [9.17, 15) is 4.79 Å². The highest BCUT2D eigenvalue weighted by atomic mass is 16.1. The molecule has 24 heavy (non-hydrogen) atoms. The third-order valence-electron chi connectivity index (χ3n) is 3.88. The van der Waals surface area contributed by atoms with E-state index in [-0.39, 0.29) is 5.91 Å². The van der Waals surface area contributed by atoms with Crippen molar-refractivity contribution in [3.8, 4) is 0 Å². The molecule has 0 radical (unpaired) electrons. The van der Waals surface area contributed by atoms with Crippen molar-refractivity contribution in [2.75, 3.05) is 18.4 Å². The van der Waals surface area contributed by atoms with Gasteiger partial charge in [-0.25, -0.2) is 0 Å². The Kier molecular flexibility index (Phi) is 7.81. The zero-order chi connectivity index (χ0) is 17.0. The fraction of sp³-hybridized carbons (Fsp3) is 0.400. The predicted octanol–water partition coefficient (Wildman–Crippen LogP) is 4.05. The number of hydrogen-bond acceptors (Lipinski definition) is 3. The summed E-state index contributed by atoms with van der Waals surface area (Å²) < 4.78 is 0. The van der Waals surface area contributed by atoms with Gasteiger partial charge in [0.15, 0.2) is 0 Å². The van der Waals surface area contributed by atoms with Gasteiger partial charge in [-0.1, -0.05) is 50.1 Å². The molecular weight excluding hydrogens is 298 g/mol. The summed E-state index contributed by atoms with van der Waals surface area (Å²) >= 11 is 0. The van der Waals surface area contributed by atoms with Crippen molar-refractivity contribution in [3.05, 3.63) is 59.9 Å². The predicted molar refractivity (Wildman–Crippen MR) is 99.3 cm³/mol. The van der Waals surface area contributed by atoms with Crippen LogP contribution in [0.5, 0.6) is 0 Å². The summed E-state index contributed by atoms with van der Waals surface area (Å²) in [6.45, 7) is 3.73. The lowest BCUT2D eigenvalue weighted by Gasteiger charge is -2.08. The number of anilines is 1. The van der Waals surface area contributed by atoms with Gasteiger partial charge >= 0.3 is 0 Å². The fourth-order valence-corrected chi connectivity index (χ4v) is 2.51. The molecule has 0 spiro atoms. The van der Waals surface area contributed by atoms with E-state index >= 15 is 0 Å². The third kappa shape index (κ3) is 6.41. The number of carbonyl (C=O) groups excluding carboxylic acids is 1. The van der Waals surface area contributed by atoms with Crippen molar-refractivity contribution in [2.24, 2.45) is 0 Å². The SMILES string of the molecule is CCCCCNC(=O)c1cncc(NCCCc2ccccc2)c1. The number of nitrogens with zero attached hydrogens (tertiary/aromatic N) is 1. The van der Waals surface area contributed by atoms with Crippen LogP contribution < -0.4 is 10.6 Å². The van der Waals surface area contributed by atoms with Gasteiger partial charge in [-0.3, -0.25) is 9.78 Å². The molecule has 2 rings (SSSR count). The highest BCUT2D eigenvalue weighted by Gasteiger charge is 2.06. The zero-order valence-electron chi connectivity index (χ0n) is 14.4. The number of aryl methyl sites for hydroxylation is 1. The molecule has 4 heteroatoms. The standard InChI is InChI=1S/C20H27N3O/c1-2-3-7-12-23-20(24)18-14-19(16-21-15-18)22-13-8-11-17-9-5-4-6-10-17/h4-6,9-10,14-16,22H,2-3,7-8,11-13H2,1H3,(H,23,24). The minimum absolute atomic E-state index is 0.0495. The van der Waals surface area contributed by atoms with Crippen LogP contribution in [0.1, 0.15) is 48.5 Å². The number of pyridine rings is 1. The molecule has 0 aliphatic rings. The first-order valence-electron chi connectivity index (χ1n) is 8.80. The van der Waals surface area contributed by atoms with Gasteiger partial charge in [-0.05, 0) is 30.9 Å². The van der Waals surface area contributed by atoms with Crippen molar-refractivity contribution in [1.82, 2.24) is 10.3 Å². The van der Waals surface area contributed by atoms with E-state index in [4.69, 9.17) is 0 Å². The highest BCUT2D eigenvalue weighted by Crippen LogP contribution is 2.09. The Balaban J connectivity index is 1.74. The van der Waals surface area contributed by atoms with Crippen LogP contribution in [0.25, 0.3) is 0 Å². The Labute approximate surface area is 144 Å². The van der Waals surface area contributed by atoms with Crippen LogP contribution in [-0.4, -0.2) is 24.0 Å². The van der Waals surface area contributed by atoms with Crippen LogP contribution in [-0.2, 0) is 6.42 Å². The Morgan fingerprint density at radius 3 is 2.67 bits per heavy atom. The number of benzene rings is 1. The number of amides is 1. The number of rotatable bonds is 10. The van der Waals surface area contributed by atoms with Gasteiger partial charge in [0.25, 0.3) is 5.91 Å². The summed E-state index contributed by atoms with van der Waals surface area (Å²) in [7, 11) is 0. The Morgan fingerprint density at radius 2 is 1.88 bits per heavy atom. The van der Waals surface area contributed by atoms with E-state index in [2.05, 4.69) is 46.8 Å². The smallest absolute Gasteiger partial charge is 0.252 e. The van der Waals surface area contributed by atoms with Crippen molar-refractivity contribution < 1.29 is 4.79 Å². The monoisotopic (exact) mass is 325 g/mol. The summed E-state index contributed by atoms with van der Waals surface area (Å²) in [5.41, 5.74) is 2.85. The molecule has 0 saturated carbocycles. The van der Waals surface area contributed by atoms with Gasteiger partial charge in [0.05, 0.1) is 11.3 Å². The van der Waals surface area contributed by atoms with Crippen molar-refractivity contribution in [2.45, 2.75) is 39.0 Å². The lowest BCUT2D eigenvalue weighted by atomic mass is 10.1. The van der Waals surface area contributed by atoms with E-state index in [1.165, 1.54) is 5.56 Å². The largest absolute Gasteiger partial charge is 0.384 e. The maximum absolute atomic E-state index is 12.1. The second-order valence-corrected chi connectivity index (χ2v) is 5.94. The van der Waals surface area contributed by atoms with Crippen LogP contribution in [0, 0.1) is 0 Å². The molecule has 0 aliphatic carbocycles. The Bertz CT molecular complexity index is 613.